The van der Waals surface area contributed by atoms with Gasteiger partial charge in [0, 0.05) is 24.5 Å². The van der Waals surface area contributed by atoms with Crippen molar-refractivity contribution >= 4 is 21.5 Å². The van der Waals surface area contributed by atoms with Crippen LogP contribution in [0.15, 0.2) is 17.5 Å². The van der Waals surface area contributed by atoms with Crippen molar-refractivity contribution in [1.82, 2.24) is 14.3 Å². The Morgan fingerprint density at radius 3 is 2.76 bits per heavy atom. The van der Waals surface area contributed by atoms with E-state index in [4.69, 9.17) is 0 Å². The number of hydrogen-bond donors (Lipinski definition) is 2. The fourth-order valence-corrected chi connectivity index (χ4v) is 4.49. The molecule has 120 valence electrons. The highest BCUT2D eigenvalue weighted by Gasteiger charge is 2.27. The number of rotatable bonds is 8. The largest absolute Gasteiger partial charge is 0.317 e. The Labute approximate surface area is 131 Å². The first kappa shape index (κ1) is 16.9. The van der Waals surface area contributed by atoms with Gasteiger partial charge >= 0.3 is 0 Å². The molecular weight excluding hydrogens is 306 g/mol. The van der Waals surface area contributed by atoms with Crippen molar-refractivity contribution in [3.05, 3.63) is 22.4 Å². The quantitative estimate of drug-likeness (QED) is 0.758. The fraction of sp³-hybridized carbons (Fsp3) is 0.714. The van der Waals surface area contributed by atoms with Gasteiger partial charge in [0.25, 0.3) is 10.2 Å². The summed E-state index contributed by atoms with van der Waals surface area (Å²) in [6, 6.07) is 4.02. The highest BCUT2D eigenvalue weighted by molar-refractivity contribution is 7.87. The molecule has 21 heavy (non-hydrogen) atoms. The maximum atomic E-state index is 12.2. The van der Waals surface area contributed by atoms with Crippen molar-refractivity contribution in [1.29, 1.82) is 0 Å². The molecule has 2 heterocycles. The molecule has 0 saturated carbocycles. The van der Waals surface area contributed by atoms with Gasteiger partial charge in [-0.3, -0.25) is 0 Å². The summed E-state index contributed by atoms with van der Waals surface area (Å²) in [5, 5.41) is 5.35. The molecule has 1 saturated heterocycles. The molecule has 1 aliphatic heterocycles. The lowest BCUT2D eigenvalue weighted by Gasteiger charge is -2.31. The number of thiophene rings is 1. The van der Waals surface area contributed by atoms with Gasteiger partial charge in [0.1, 0.15) is 0 Å². The summed E-state index contributed by atoms with van der Waals surface area (Å²) >= 11 is 1.66. The van der Waals surface area contributed by atoms with Crippen LogP contribution in [0.4, 0.5) is 0 Å². The van der Waals surface area contributed by atoms with Gasteiger partial charge in [0.2, 0.25) is 0 Å². The Morgan fingerprint density at radius 2 is 2.14 bits per heavy atom. The van der Waals surface area contributed by atoms with Crippen molar-refractivity contribution in [2.24, 2.45) is 5.92 Å². The van der Waals surface area contributed by atoms with E-state index in [9.17, 15) is 8.42 Å². The smallest absolute Gasteiger partial charge is 0.279 e. The molecule has 0 aliphatic carbocycles. The van der Waals surface area contributed by atoms with Gasteiger partial charge in [-0.2, -0.15) is 12.7 Å². The van der Waals surface area contributed by atoms with Gasteiger partial charge in [0.05, 0.1) is 0 Å². The van der Waals surface area contributed by atoms with E-state index in [2.05, 4.69) is 17.0 Å². The molecule has 1 aliphatic rings. The standard InChI is InChI=1S/C14H25N3O2S2/c1-2-15-12-13-6-9-17(10-7-13)21(18,19)16-8-5-14-4-3-11-20-14/h3-4,11,13,15-16H,2,5-10,12H2,1H3. The summed E-state index contributed by atoms with van der Waals surface area (Å²) in [5.74, 6) is 0.600. The lowest BCUT2D eigenvalue weighted by atomic mass is 9.98. The number of piperidine rings is 1. The first-order chi connectivity index (χ1) is 10.1. The van der Waals surface area contributed by atoms with Crippen molar-refractivity contribution in [2.45, 2.75) is 26.2 Å². The Balaban J connectivity index is 1.73. The zero-order valence-electron chi connectivity index (χ0n) is 12.5. The van der Waals surface area contributed by atoms with Crippen LogP contribution in [0.3, 0.4) is 0 Å². The van der Waals surface area contributed by atoms with E-state index in [1.54, 1.807) is 15.6 Å². The Hall–Kier alpha value is -0.470. The minimum atomic E-state index is -3.31. The maximum absolute atomic E-state index is 12.2. The summed E-state index contributed by atoms with van der Waals surface area (Å²) in [7, 11) is -3.31. The van der Waals surface area contributed by atoms with E-state index in [-0.39, 0.29) is 0 Å². The lowest BCUT2D eigenvalue weighted by Crippen LogP contribution is -2.46. The predicted molar refractivity (Wildman–Crippen MR) is 87.8 cm³/mol. The van der Waals surface area contributed by atoms with Crippen LogP contribution in [0.25, 0.3) is 0 Å². The van der Waals surface area contributed by atoms with Gasteiger partial charge in [-0.15, -0.1) is 11.3 Å². The molecule has 1 aromatic rings. The second-order valence-electron chi connectivity index (χ2n) is 5.38. The molecule has 1 aromatic heterocycles. The highest BCUT2D eigenvalue weighted by Crippen LogP contribution is 2.18. The van der Waals surface area contributed by atoms with Gasteiger partial charge in [-0.05, 0) is 49.7 Å². The van der Waals surface area contributed by atoms with E-state index in [0.29, 0.717) is 25.6 Å². The summed E-state index contributed by atoms with van der Waals surface area (Å²) in [5.41, 5.74) is 0. The van der Waals surface area contributed by atoms with Crippen LogP contribution < -0.4 is 10.0 Å². The SMILES string of the molecule is CCNCC1CCN(S(=O)(=O)NCCc2cccs2)CC1. The maximum Gasteiger partial charge on any atom is 0.279 e. The zero-order chi connectivity index (χ0) is 15.1. The van der Waals surface area contributed by atoms with Gasteiger partial charge in [0.15, 0.2) is 0 Å². The molecule has 2 rings (SSSR count). The molecule has 0 spiro atoms. The van der Waals surface area contributed by atoms with Crippen LogP contribution >= 0.6 is 11.3 Å². The second-order valence-corrected chi connectivity index (χ2v) is 8.17. The van der Waals surface area contributed by atoms with Gasteiger partial charge < -0.3 is 5.32 Å². The normalized spacial score (nSPS) is 18.1. The average Bonchev–Trinajstić information content (AvgIpc) is 2.98. The average molecular weight is 332 g/mol. The Bertz CT molecular complexity index is 494. The number of nitrogens with one attached hydrogen (secondary N) is 2. The monoisotopic (exact) mass is 331 g/mol. The third-order valence-corrected chi connectivity index (χ3v) is 6.38. The van der Waals surface area contributed by atoms with E-state index < -0.39 is 10.2 Å². The van der Waals surface area contributed by atoms with Crippen molar-refractivity contribution in [2.75, 3.05) is 32.7 Å². The molecule has 0 unspecified atom stereocenters. The van der Waals surface area contributed by atoms with Gasteiger partial charge in [-0.1, -0.05) is 13.0 Å². The van der Waals surface area contributed by atoms with Crippen LogP contribution in [-0.2, 0) is 16.6 Å². The van der Waals surface area contributed by atoms with Gasteiger partial charge in [-0.25, -0.2) is 4.72 Å². The predicted octanol–water partition coefficient (Wildman–Crippen LogP) is 1.45. The third kappa shape index (κ3) is 5.34. The zero-order valence-corrected chi connectivity index (χ0v) is 14.2. The summed E-state index contributed by atoms with van der Waals surface area (Å²) in [6.07, 6.45) is 2.64. The van der Waals surface area contributed by atoms with E-state index in [1.807, 2.05) is 17.5 Å². The van der Waals surface area contributed by atoms with Crippen LogP contribution in [0.2, 0.25) is 0 Å². The van der Waals surface area contributed by atoms with E-state index in [0.717, 1.165) is 32.4 Å². The molecule has 7 heteroatoms. The molecule has 0 bridgehead atoms. The first-order valence-corrected chi connectivity index (χ1v) is 9.91. The van der Waals surface area contributed by atoms with Crippen LogP contribution in [0.5, 0.6) is 0 Å². The van der Waals surface area contributed by atoms with Crippen molar-refractivity contribution in [3.8, 4) is 0 Å². The highest BCUT2D eigenvalue weighted by atomic mass is 32.2. The summed E-state index contributed by atoms with van der Waals surface area (Å²) < 4.78 is 28.8. The Morgan fingerprint density at radius 1 is 1.38 bits per heavy atom. The fourth-order valence-electron chi connectivity index (χ4n) is 2.55. The Kier molecular flexibility index (Phi) is 6.63. The first-order valence-electron chi connectivity index (χ1n) is 7.59. The second kappa shape index (κ2) is 8.24. The molecule has 2 N–H and O–H groups in total. The molecule has 1 fully saturated rings. The molecular formula is C14H25N3O2S2. The molecule has 0 amide bonds. The molecule has 0 atom stereocenters. The molecule has 5 nitrogen and oxygen atoms in total. The van der Waals surface area contributed by atoms with Crippen molar-refractivity contribution in [3.63, 3.8) is 0 Å². The molecule has 0 radical (unpaired) electrons. The number of nitrogens with zero attached hydrogens (tertiary/aromatic N) is 1. The summed E-state index contributed by atoms with van der Waals surface area (Å²) in [4.78, 5) is 1.21. The number of hydrogen-bond acceptors (Lipinski definition) is 4. The van der Waals surface area contributed by atoms with Crippen LogP contribution in [-0.4, -0.2) is 45.4 Å². The third-order valence-electron chi connectivity index (χ3n) is 3.83. The summed E-state index contributed by atoms with van der Waals surface area (Å²) in [6.45, 7) is 5.80. The minimum Gasteiger partial charge on any atom is -0.317 e. The minimum absolute atomic E-state index is 0.472. The topological polar surface area (TPSA) is 61.4 Å². The molecule has 0 aromatic carbocycles. The van der Waals surface area contributed by atoms with Crippen molar-refractivity contribution < 1.29 is 8.42 Å². The van der Waals surface area contributed by atoms with E-state index in [1.165, 1.54) is 4.88 Å². The van der Waals surface area contributed by atoms with E-state index >= 15 is 0 Å². The van der Waals surface area contributed by atoms with Crippen LogP contribution in [0.1, 0.15) is 24.6 Å². The lowest BCUT2D eigenvalue weighted by molar-refractivity contribution is 0.266. The van der Waals surface area contributed by atoms with Crippen LogP contribution in [0, 0.1) is 5.92 Å².